The molecule has 0 saturated carbocycles. The van der Waals surface area contributed by atoms with Crippen molar-refractivity contribution >= 4 is 21.8 Å². The molecule has 2 atom stereocenters. The number of hydrogen-bond acceptors (Lipinski definition) is 3. The molecule has 1 fully saturated rings. The summed E-state index contributed by atoms with van der Waals surface area (Å²) in [7, 11) is 0. The van der Waals surface area contributed by atoms with E-state index in [0.717, 1.165) is 19.4 Å². The summed E-state index contributed by atoms with van der Waals surface area (Å²) < 4.78 is 19.2. The largest absolute Gasteiger partial charge is 0.377 e. The highest BCUT2D eigenvalue weighted by Gasteiger charge is 2.35. The van der Waals surface area contributed by atoms with Gasteiger partial charge in [0.15, 0.2) is 0 Å². The number of carbonyl (C=O) groups excluding carboxylic acids is 1. The third kappa shape index (κ3) is 3.19. The van der Waals surface area contributed by atoms with Crippen LogP contribution in [0, 0.1) is 5.82 Å². The van der Waals surface area contributed by atoms with E-state index in [2.05, 4.69) is 21.2 Å². The van der Waals surface area contributed by atoms with Crippen molar-refractivity contribution in [2.75, 3.05) is 13.2 Å². The number of primary amides is 1. The smallest absolute Gasteiger partial charge is 0.242 e. The molecule has 4 nitrogen and oxygen atoms in total. The van der Waals surface area contributed by atoms with Crippen LogP contribution in [0.25, 0.3) is 0 Å². The Hall–Kier alpha value is -0.980. The summed E-state index contributed by atoms with van der Waals surface area (Å²) >= 11 is 3.29. The topological polar surface area (TPSA) is 64.3 Å². The van der Waals surface area contributed by atoms with Crippen molar-refractivity contribution in [3.05, 3.63) is 34.1 Å². The molecule has 0 aliphatic carbocycles. The normalized spacial score (nSPS) is 21.6. The van der Waals surface area contributed by atoms with Gasteiger partial charge in [-0.15, -0.1) is 0 Å². The molecule has 110 valence electrons. The van der Waals surface area contributed by atoms with E-state index in [1.54, 1.807) is 13.0 Å². The maximum Gasteiger partial charge on any atom is 0.242 e. The lowest BCUT2D eigenvalue weighted by Gasteiger charge is -2.30. The van der Waals surface area contributed by atoms with Gasteiger partial charge in [0.1, 0.15) is 11.4 Å². The predicted molar refractivity (Wildman–Crippen MR) is 77.6 cm³/mol. The first-order valence-electron chi connectivity index (χ1n) is 6.55. The van der Waals surface area contributed by atoms with E-state index in [1.807, 2.05) is 0 Å². The van der Waals surface area contributed by atoms with E-state index in [1.165, 1.54) is 12.1 Å². The Morgan fingerprint density at radius 3 is 2.95 bits per heavy atom. The van der Waals surface area contributed by atoms with Crippen LogP contribution in [-0.4, -0.2) is 25.2 Å². The first-order chi connectivity index (χ1) is 9.43. The van der Waals surface area contributed by atoms with Gasteiger partial charge in [0.25, 0.3) is 0 Å². The minimum atomic E-state index is -1.07. The van der Waals surface area contributed by atoms with Crippen molar-refractivity contribution in [3.8, 4) is 0 Å². The van der Waals surface area contributed by atoms with Crippen molar-refractivity contribution in [2.24, 2.45) is 5.73 Å². The maximum absolute atomic E-state index is 13.2. The average Bonchev–Trinajstić information content (AvgIpc) is 2.88. The summed E-state index contributed by atoms with van der Waals surface area (Å²) in [4.78, 5) is 11.9. The van der Waals surface area contributed by atoms with Crippen molar-refractivity contribution in [2.45, 2.75) is 31.4 Å². The van der Waals surface area contributed by atoms with Gasteiger partial charge in [-0.05, 0) is 37.5 Å². The molecule has 3 N–H and O–H groups in total. The van der Waals surface area contributed by atoms with Gasteiger partial charge in [0, 0.05) is 17.6 Å². The number of ether oxygens (including phenoxy) is 1. The van der Waals surface area contributed by atoms with Crippen LogP contribution in [0.15, 0.2) is 22.7 Å². The monoisotopic (exact) mass is 344 g/mol. The molecule has 0 spiro atoms. The van der Waals surface area contributed by atoms with E-state index in [0.29, 0.717) is 16.6 Å². The van der Waals surface area contributed by atoms with Crippen LogP contribution in [0.2, 0.25) is 0 Å². The first kappa shape index (κ1) is 15.4. The van der Waals surface area contributed by atoms with Gasteiger partial charge in [0.05, 0.1) is 6.10 Å². The highest BCUT2D eigenvalue weighted by atomic mass is 79.9. The molecule has 0 aromatic heterocycles. The Bertz CT molecular complexity index is 506. The molecule has 1 saturated heterocycles. The zero-order chi connectivity index (χ0) is 14.8. The maximum atomic E-state index is 13.2. The Morgan fingerprint density at radius 2 is 2.40 bits per heavy atom. The second kappa shape index (κ2) is 6.20. The number of benzene rings is 1. The lowest BCUT2D eigenvalue weighted by atomic mass is 9.91. The summed E-state index contributed by atoms with van der Waals surface area (Å²) in [6.07, 6.45) is 2.08. The number of amides is 1. The van der Waals surface area contributed by atoms with Gasteiger partial charge in [0.2, 0.25) is 5.91 Å². The molecular weight excluding hydrogens is 327 g/mol. The van der Waals surface area contributed by atoms with Crippen molar-refractivity contribution in [1.29, 1.82) is 0 Å². The Morgan fingerprint density at radius 1 is 1.65 bits per heavy atom. The number of nitrogens with one attached hydrogen (secondary N) is 1. The average molecular weight is 345 g/mol. The molecule has 2 unspecified atom stereocenters. The summed E-state index contributed by atoms with van der Waals surface area (Å²) in [6.45, 7) is 2.98. The van der Waals surface area contributed by atoms with Gasteiger partial charge >= 0.3 is 0 Å². The number of halogens is 2. The van der Waals surface area contributed by atoms with E-state index < -0.39 is 11.4 Å². The van der Waals surface area contributed by atoms with Gasteiger partial charge < -0.3 is 10.5 Å². The highest BCUT2D eigenvalue weighted by Crippen LogP contribution is 2.29. The van der Waals surface area contributed by atoms with Crippen LogP contribution in [0.4, 0.5) is 4.39 Å². The second-order valence-corrected chi connectivity index (χ2v) is 5.98. The van der Waals surface area contributed by atoms with Crippen LogP contribution < -0.4 is 11.1 Å². The first-order valence-corrected chi connectivity index (χ1v) is 7.35. The Balaban J connectivity index is 2.21. The van der Waals surface area contributed by atoms with Crippen LogP contribution in [0.5, 0.6) is 0 Å². The van der Waals surface area contributed by atoms with E-state index in [4.69, 9.17) is 10.5 Å². The summed E-state index contributed by atoms with van der Waals surface area (Å²) in [6, 6.07) is 4.20. The van der Waals surface area contributed by atoms with Crippen molar-refractivity contribution in [3.63, 3.8) is 0 Å². The van der Waals surface area contributed by atoms with E-state index >= 15 is 0 Å². The predicted octanol–water partition coefficient (Wildman–Crippen LogP) is 2.06. The minimum Gasteiger partial charge on any atom is -0.377 e. The van der Waals surface area contributed by atoms with Crippen LogP contribution in [0.3, 0.4) is 0 Å². The highest BCUT2D eigenvalue weighted by molar-refractivity contribution is 9.10. The van der Waals surface area contributed by atoms with Gasteiger partial charge in [-0.25, -0.2) is 4.39 Å². The molecule has 1 heterocycles. The molecule has 0 bridgehead atoms. The fourth-order valence-corrected chi connectivity index (χ4v) is 3.08. The van der Waals surface area contributed by atoms with Gasteiger partial charge in [-0.2, -0.15) is 0 Å². The summed E-state index contributed by atoms with van der Waals surface area (Å²) in [5, 5.41) is 3.16. The number of carbonyl (C=O) groups is 1. The van der Waals surface area contributed by atoms with Crippen LogP contribution in [-0.2, 0) is 15.1 Å². The van der Waals surface area contributed by atoms with Crippen LogP contribution >= 0.6 is 15.9 Å². The SMILES string of the molecule is CC(NCC1CCCO1)(C(N)=O)c1ccc(F)cc1Br. The third-order valence-electron chi connectivity index (χ3n) is 3.67. The zero-order valence-electron chi connectivity index (χ0n) is 11.3. The number of nitrogens with two attached hydrogens (primary N) is 1. The fraction of sp³-hybridized carbons (Fsp3) is 0.500. The lowest BCUT2D eigenvalue weighted by Crippen LogP contribution is -2.52. The number of rotatable bonds is 5. The standard InChI is InChI=1S/C14H18BrFN2O2/c1-14(13(17)19,18-8-10-3-2-6-20-10)11-5-4-9(16)7-12(11)15/h4-5,7,10,18H,2-3,6,8H2,1H3,(H2,17,19). The van der Waals surface area contributed by atoms with E-state index in [-0.39, 0.29) is 11.9 Å². The fourth-order valence-electron chi connectivity index (χ4n) is 2.33. The van der Waals surface area contributed by atoms with Crippen LogP contribution in [0.1, 0.15) is 25.3 Å². The second-order valence-electron chi connectivity index (χ2n) is 5.13. The molecule has 6 heteroatoms. The third-order valence-corrected chi connectivity index (χ3v) is 4.33. The molecule has 20 heavy (non-hydrogen) atoms. The molecule has 1 aliphatic rings. The molecular formula is C14H18BrFN2O2. The van der Waals surface area contributed by atoms with Gasteiger partial charge in [-0.3, -0.25) is 10.1 Å². The van der Waals surface area contributed by atoms with Crippen molar-refractivity contribution < 1.29 is 13.9 Å². The zero-order valence-corrected chi connectivity index (χ0v) is 12.9. The Labute approximate surface area is 126 Å². The molecule has 1 aromatic carbocycles. The summed E-state index contributed by atoms with van der Waals surface area (Å²) in [5.74, 6) is -0.880. The lowest BCUT2D eigenvalue weighted by molar-refractivity contribution is -0.124. The quantitative estimate of drug-likeness (QED) is 0.859. The number of hydrogen-bond donors (Lipinski definition) is 2. The summed E-state index contributed by atoms with van der Waals surface area (Å²) in [5.41, 5.74) is 5.08. The molecule has 1 aromatic rings. The molecule has 1 aliphatic heterocycles. The van der Waals surface area contributed by atoms with Crippen molar-refractivity contribution in [1.82, 2.24) is 5.32 Å². The Kier molecular flexibility index (Phi) is 4.78. The molecule has 2 rings (SSSR count). The minimum absolute atomic E-state index is 0.0906. The molecule has 1 amide bonds. The van der Waals surface area contributed by atoms with Gasteiger partial charge in [-0.1, -0.05) is 22.0 Å². The molecule has 0 radical (unpaired) electrons. The van der Waals surface area contributed by atoms with E-state index in [9.17, 15) is 9.18 Å².